The van der Waals surface area contributed by atoms with Crippen LogP contribution in [0.5, 0.6) is 0 Å². The standard InChI is InChI=1S/C17H16ClN5O3/c1-9-8-10(2)23-17(19-9)21-14(22-23)16(25)26-11(3)15(24)20-13-6-4-12(18)5-7-13/h4-8,11H,1-3H3,(H,20,24)/t11-/m1/s1. The number of ether oxygens (including phenoxy) is 1. The molecular formula is C17H16ClN5O3. The summed E-state index contributed by atoms with van der Waals surface area (Å²) in [4.78, 5) is 32.7. The summed E-state index contributed by atoms with van der Waals surface area (Å²) in [6, 6.07) is 8.40. The van der Waals surface area contributed by atoms with Gasteiger partial charge in [-0.15, -0.1) is 5.10 Å². The predicted octanol–water partition coefficient (Wildman–Crippen LogP) is 2.58. The number of nitrogens with zero attached hydrogens (tertiary/aromatic N) is 4. The van der Waals surface area contributed by atoms with Gasteiger partial charge in [-0.25, -0.2) is 14.3 Å². The minimum absolute atomic E-state index is 0.155. The highest BCUT2D eigenvalue weighted by atomic mass is 35.5. The Morgan fingerprint density at radius 3 is 2.58 bits per heavy atom. The monoisotopic (exact) mass is 373 g/mol. The van der Waals surface area contributed by atoms with Crippen LogP contribution in [0.2, 0.25) is 5.02 Å². The van der Waals surface area contributed by atoms with Gasteiger partial charge in [0.2, 0.25) is 0 Å². The molecule has 1 amide bonds. The molecular weight excluding hydrogens is 358 g/mol. The lowest BCUT2D eigenvalue weighted by atomic mass is 10.3. The molecule has 0 fully saturated rings. The van der Waals surface area contributed by atoms with Crippen molar-refractivity contribution in [1.82, 2.24) is 19.6 Å². The van der Waals surface area contributed by atoms with E-state index in [4.69, 9.17) is 16.3 Å². The van der Waals surface area contributed by atoms with Gasteiger partial charge in [-0.3, -0.25) is 4.79 Å². The average Bonchev–Trinajstić information content (AvgIpc) is 3.01. The fraction of sp³-hybridized carbons (Fsp3) is 0.235. The number of benzene rings is 1. The molecule has 1 atom stereocenters. The highest BCUT2D eigenvalue weighted by Gasteiger charge is 2.23. The Morgan fingerprint density at radius 2 is 1.88 bits per heavy atom. The van der Waals surface area contributed by atoms with Gasteiger partial charge in [0, 0.05) is 22.1 Å². The molecule has 0 saturated heterocycles. The molecule has 3 aromatic rings. The molecule has 8 nitrogen and oxygen atoms in total. The van der Waals surface area contributed by atoms with E-state index in [1.54, 1.807) is 24.3 Å². The Kier molecular flexibility index (Phi) is 4.85. The number of aryl methyl sites for hydroxylation is 2. The molecule has 1 aromatic carbocycles. The maximum atomic E-state index is 12.2. The lowest BCUT2D eigenvalue weighted by Gasteiger charge is -2.12. The average molecular weight is 374 g/mol. The van der Waals surface area contributed by atoms with Crippen molar-refractivity contribution in [2.75, 3.05) is 5.32 Å². The zero-order valence-corrected chi connectivity index (χ0v) is 15.1. The summed E-state index contributed by atoms with van der Waals surface area (Å²) in [5, 5.41) is 7.27. The van der Waals surface area contributed by atoms with Gasteiger partial charge in [-0.05, 0) is 51.1 Å². The molecule has 0 aliphatic carbocycles. The third kappa shape index (κ3) is 3.80. The number of esters is 1. The molecule has 0 unspecified atom stereocenters. The fourth-order valence-electron chi connectivity index (χ4n) is 2.30. The van der Waals surface area contributed by atoms with Gasteiger partial charge in [-0.1, -0.05) is 11.6 Å². The Bertz CT molecular complexity index is 984. The predicted molar refractivity (Wildman–Crippen MR) is 95.2 cm³/mol. The van der Waals surface area contributed by atoms with E-state index in [1.807, 2.05) is 19.9 Å². The number of halogens is 1. The van der Waals surface area contributed by atoms with Crippen LogP contribution >= 0.6 is 11.6 Å². The maximum absolute atomic E-state index is 12.2. The first-order valence-electron chi connectivity index (χ1n) is 7.82. The van der Waals surface area contributed by atoms with E-state index >= 15 is 0 Å². The van der Waals surface area contributed by atoms with Crippen LogP contribution in [0, 0.1) is 13.8 Å². The molecule has 0 radical (unpaired) electrons. The Balaban J connectivity index is 1.69. The SMILES string of the molecule is Cc1cc(C)n2nc(C(=O)O[C@H](C)C(=O)Nc3ccc(Cl)cc3)nc2n1. The van der Waals surface area contributed by atoms with E-state index in [0.29, 0.717) is 16.5 Å². The lowest BCUT2D eigenvalue weighted by molar-refractivity contribution is -0.123. The highest BCUT2D eigenvalue weighted by Crippen LogP contribution is 2.14. The first-order valence-corrected chi connectivity index (χ1v) is 8.20. The quantitative estimate of drug-likeness (QED) is 0.706. The summed E-state index contributed by atoms with van der Waals surface area (Å²) < 4.78 is 6.60. The molecule has 3 rings (SSSR count). The summed E-state index contributed by atoms with van der Waals surface area (Å²) in [6.45, 7) is 5.11. The van der Waals surface area contributed by atoms with Crippen molar-refractivity contribution in [3.8, 4) is 0 Å². The topological polar surface area (TPSA) is 98.5 Å². The van der Waals surface area contributed by atoms with Crippen LogP contribution in [-0.2, 0) is 9.53 Å². The molecule has 0 bridgehead atoms. The van der Waals surface area contributed by atoms with Gasteiger partial charge in [0.1, 0.15) is 0 Å². The molecule has 1 N–H and O–H groups in total. The number of carbonyl (C=O) groups excluding carboxylic acids is 2. The van der Waals surface area contributed by atoms with Gasteiger partial charge >= 0.3 is 5.97 Å². The molecule has 2 aromatic heterocycles. The fourth-order valence-corrected chi connectivity index (χ4v) is 2.42. The summed E-state index contributed by atoms with van der Waals surface area (Å²) >= 11 is 5.80. The van der Waals surface area contributed by atoms with E-state index in [0.717, 1.165) is 11.4 Å². The van der Waals surface area contributed by atoms with Crippen molar-refractivity contribution in [1.29, 1.82) is 0 Å². The van der Waals surface area contributed by atoms with Crippen molar-refractivity contribution in [2.45, 2.75) is 26.9 Å². The molecule has 2 heterocycles. The van der Waals surface area contributed by atoms with Crippen LogP contribution in [0.25, 0.3) is 5.78 Å². The van der Waals surface area contributed by atoms with Crippen LogP contribution < -0.4 is 5.32 Å². The smallest absolute Gasteiger partial charge is 0.379 e. The number of rotatable bonds is 4. The number of carbonyl (C=O) groups is 2. The molecule has 0 aliphatic heterocycles. The second kappa shape index (κ2) is 7.09. The number of nitrogens with one attached hydrogen (secondary N) is 1. The van der Waals surface area contributed by atoms with Crippen LogP contribution in [-0.4, -0.2) is 37.6 Å². The molecule has 0 saturated carbocycles. The summed E-state index contributed by atoms with van der Waals surface area (Å²) in [6.07, 6.45) is -1.03. The van der Waals surface area contributed by atoms with E-state index in [1.165, 1.54) is 11.4 Å². The molecule has 0 aliphatic rings. The van der Waals surface area contributed by atoms with Crippen LogP contribution in [0.3, 0.4) is 0 Å². The third-order valence-corrected chi connectivity index (χ3v) is 3.82. The second-order valence-corrected chi connectivity index (χ2v) is 6.17. The summed E-state index contributed by atoms with van der Waals surface area (Å²) in [5.74, 6) is -1.13. The zero-order valence-electron chi connectivity index (χ0n) is 14.4. The van der Waals surface area contributed by atoms with Crippen molar-refractivity contribution in [3.63, 3.8) is 0 Å². The minimum atomic E-state index is -1.03. The molecule has 0 spiro atoms. The highest BCUT2D eigenvalue weighted by molar-refractivity contribution is 6.30. The van der Waals surface area contributed by atoms with Gasteiger partial charge < -0.3 is 10.1 Å². The number of anilines is 1. The lowest BCUT2D eigenvalue weighted by Crippen LogP contribution is -2.30. The molecule has 134 valence electrons. The van der Waals surface area contributed by atoms with Crippen LogP contribution in [0.4, 0.5) is 5.69 Å². The van der Waals surface area contributed by atoms with Crippen molar-refractivity contribution < 1.29 is 14.3 Å². The largest absolute Gasteiger partial charge is 0.447 e. The van der Waals surface area contributed by atoms with E-state index in [9.17, 15) is 9.59 Å². The molecule has 26 heavy (non-hydrogen) atoms. The van der Waals surface area contributed by atoms with Gasteiger partial charge in [-0.2, -0.15) is 4.98 Å². The summed E-state index contributed by atoms with van der Waals surface area (Å²) in [7, 11) is 0. The number of fused-ring (bicyclic) bond motifs is 1. The maximum Gasteiger partial charge on any atom is 0.379 e. The first kappa shape index (κ1) is 17.8. The van der Waals surface area contributed by atoms with Crippen LogP contribution in [0.15, 0.2) is 30.3 Å². The number of amides is 1. The molecule has 9 heteroatoms. The third-order valence-electron chi connectivity index (χ3n) is 3.57. The second-order valence-electron chi connectivity index (χ2n) is 5.73. The summed E-state index contributed by atoms with van der Waals surface area (Å²) in [5.41, 5.74) is 2.09. The number of hydrogen-bond donors (Lipinski definition) is 1. The van der Waals surface area contributed by atoms with Gasteiger partial charge in [0.05, 0.1) is 0 Å². The van der Waals surface area contributed by atoms with Crippen LogP contribution in [0.1, 0.15) is 28.9 Å². The van der Waals surface area contributed by atoms with Crippen molar-refractivity contribution in [3.05, 3.63) is 52.6 Å². The Hall–Kier alpha value is -3.00. The number of aromatic nitrogens is 4. The van der Waals surface area contributed by atoms with E-state index in [2.05, 4.69) is 20.4 Å². The zero-order chi connectivity index (χ0) is 18.8. The van der Waals surface area contributed by atoms with Gasteiger partial charge in [0.25, 0.3) is 17.5 Å². The minimum Gasteiger partial charge on any atom is -0.447 e. The Morgan fingerprint density at radius 1 is 1.19 bits per heavy atom. The van der Waals surface area contributed by atoms with Crippen molar-refractivity contribution >= 4 is 34.9 Å². The normalized spacial score (nSPS) is 12.0. The van der Waals surface area contributed by atoms with E-state index in [-0.39, 0.29) is 5.82 Å². The van der Waals surface area contributed by atoms with E-state index < -0.39 is 18.0 Å². The Labute approximate surface area is 154 Å². The first-order chi connectivity index (χ1) is 12.3. The number of hydrogen-bond acceptors (Lipinski definition) is 6. The van der Waals surface area contributed by atoms with Gasteiger partial charge in [0.15, 0.2) is 6.10 Å². The van der Waals surface area contributed by atoms with Crippen molar-refractivity contribution in [2.24, 2.45) is 0 Å².